The van der Waals surface area contributed by atoms with Gasteiger partial charge in [0.1, 0.15) is 4.60 Å². The minimum Gasteiger partial charge on any atom is -0.331 e. The van der Waals surface area contributed by atoms with E-state index in [0.29, 0.717) is 10.2 Å². The minimum absolute atomic E-state index is 0.0244. The first-order chi connectivity index (χ1) is 9.77. The molecule has 0 radical (unpaired) electrons. The van der Waals surface area contributed by atoms with Crippen molar-refractivity contribution in [2.45, 2.75) is 18.9 Å². The van der Waals surface area contributed by atoms with Crippen LogP contribution < -0.4 is 0 Å². The van der Waals surface area contributed by atoms with Gasteiger partial charge in [-0.3, -0.25) is 9.78 Å². The number of aromatic nitrogens is 2. The molecule has 2 aromatic heterocycles. The third kappa shape index (κ3) is 2.45. The lowest BCUT2D eigenvalue weighted by Gasteiger charge is -2.25. The third-order valence-electron chi connectivity index (χ3n) is 3.57. The average Bonchev–Trinajstić information content (AvgIpc) is 2.97. The van der Waals surface area contributed by atoms with Crippen LogP contribution in [0.5, 0.6) is 0 Å². The first-order valence-corrected chi connectivity index (χ1v) is 7.38. The second-order valence-corrected chi connectivity index (χ2v) is 5.54. The van der Waals surface area contributed by atoms with Crippen LogP contribution in [0.1, 0.15) is 34.8 Å². The van der Waals surface area contributed by atoms with Crippen molar-refractivity contribution in [1.29, 1.82) is 0 Å². The molecule has 1 unspecified atom stereocenters. The Morgan fingerprint density at radius 3 is 2.90 bits per heavy atom. The molecule has 2 aromatic rings. The molecular weight excluding hydrogens is 318 g/mol. The third-order valence-corrected chi connectivity index (χ3v) is 4.20. The number of amides is 1. The molecule has 0 N–H and O–H groups in total. The summed E-state index contributed by atoms with van der Waals surface area (Å²) >= 11 is 3.35. The maximum Gasteiger partial charge on any atom is 0.257 e. The van der Waals surface area contributed by atoms with E-state index in [2.05, 4.69) is 25.9 Å². The van der Waals surface area contributed by atoms with Crippen LogP contribution in [0.15, 0.2) is 47.5 Å². The highest BCUT2D eigenvalue weighted by Crippen LogP contribution is 2.33. The molecule has 0 bridgehead atoms. The van der Waals surface area contributed by atoms with Gasteiger partial charge in [-0.05, 0) is 52.5 Å². The molecule has 0 aromatic carbocycles. The standard InChI is InChI=1S/C15H14BrN3O/c16-14-12(5-2-8-18-14)15(20)19-9-3-6-13(19)11-4-1-7-17-10-11/h1-2,4-5,7-8,10,13H,3,6,9H2. The van der Waals surface area contributed by atoms with Crippen LogP contribution in [0, 0.1) is 0 Å². The summed E-state index contributed by atoms with van der Waals surface area (Å²) in [6.07, 6.45) is 7.26. The van der Waals surface area contributed by atoms with Crippen molar-refractivity contribution in [2.75, 3.05) is 6.54 Å². The fraction of sp³-hybridized carbons (Fsp3) is 0.267. The fourth-order valence-corrected chi connectivity index (χ4v) is 3.05. The average molecular weight is 332 g/mol. The Bertz CT molecular complexity index is 618. The van der Waals surface area contributed by atoms with Gasteiger partial charge in [-0.25, -0.2) is 4.98 Å². The van der Waals surface area contributed by atoms with Crippen molar-refractivity contribution in [3.05, 3.63) is 58.6 Å². The quantitative estimate of drug-likeness (QED) is 0.794. The number of pyridine rings is 2. The molecule has 1 aliphatic heterocycles. The highest BCUT2D eigenvalue weighted by molar-refractivity contribution is 9.10. The molecule has 3 rings (SSSR count). The summed E-state index contributed by atoms with van der Waals surface area (Å²) in [5, 5.41) is 0. The first-order valence-electron chi connectivity index (χ1n) is 6.59. The van der Waals surface area contributed by atoms with Crippen LogP contribution in [-0.4, -0.2) is 27.3 Å². The van der Waals surface area contributed by atoms with Gasteiger partial charge in [-0.1, -0.05) is 6.07 Å². The molecule has 1 aliphatic rings. The van der Waals surface area contributed by atoms with E-state index in [1.807, 2.05) is 23.2 Å². The summed E-state index contributed by atoms with van der Waals surface area (Å²) in [6, 6.07) is 7.64. The molecule has 3 heterocycles. The van der Waals surface area contributed by atoms with Gasteiger partial charge in [0, 0.05) is 25.1 Å². The summed E-state index contributed by atoms with van der Waals surface area (Å²) in [6.45, 7) is 0.778. The van der Waals surface area contributed by atoms with E-state index in [4.69, 9.17) is 0 Å². The second kappa shape index (κ2) is 5.71. The smallest absolute Gasteiger partial charge is 0.257 e. The number of hydrogen-bond donors (Lipinski definition) is 0. The SMILES string of the molecule is O=C(c1cccnc1Br)N1CCCC1c1cccnc1. The van der Waals surface area contributed by atoms with Crippen molar-refractivity contribution in [3.63, 3.8) is 0 Å². The van der Waals surface area contributed by atoms with Crippen LogP contribution in [0.3, 0.4) is 0 Å². The molecule has 102 valence electrons. The Kier molecular flexibility index (Phi) is 3.78. The largest absolute Gasteiger partial charge is 0.331 e. The van der Waals surface area contributed by atoms with Crippen molar-refractivity contribution < 1.29 is 4.79 Å². The molecule has 4 nitrogen and oxygen atoms in total. The maximum absolute atomic E-state index is 12.7. The number of carbonyl (C=O) groups is 1. The number of nitrogens with zero attached hydrogens (tertiary/aromatic N) is 3. The van der Waals surface area contributed by atoms with E-state index in [1.165, 1.54) is 0 Å². The van der Waals surface area contributed by atoms with E-state index < -0.39 is 0 Å². The van der Waals surface area contributed by atoms with E-state index in [9.17, 15) is 4.79 Å². The lowest BCUT2D eigenvalue weighted by molar-refractivity contribution is 0.0734. The van der Waals surface area contributed by atoms with Crippen LogP contribution in [0.4, 0.5) is 0 Å². The highest BCUT2D eigenvalue weighted by atomic mass is 79.9. The van der Waals surface area contributed by atoms with Gasteiger partial charge in [0.05, 0.1) is 11.6 Å². The molecule has 1 fully saturated rings. The summed E-state index contributed by atoms with van der Waals surface area (Å²) in [7, 11) is 0. The second-order valence-electron chi connectivity index (χ2n) is 4.78. The number of likely N-dealkylation sites (tertiary alicyclic amines) is 1. The minimum atomic E-state index is 0.0244. The predicted molar refractivity (Wildman–Crippen MR) is 79.2 cm³/mol. The van der Waals surface area contributed by atoms with Gasteiger partial charge < -0.3 is 4.90 Å². The van der Waals surface area contributed by atoms with E-state index in [0.717, 1.165) is 24.9 Å². The lowest BCUT2D eigenvalue weighted by atomic mass is 10.1. The normalized spacial score (nSPS) is 18.2. The van der Waals surface area contributed by atoms with Gasteiger partial charge >= 0.3 is 0 Å². The van der Waals surface area contributed by atoms with Gasteiger partial charge in [0.15, 0.2) is 0 Å². The van der Waals surface area contributed by atoms with Crippen molar-refractivity contribution >= 4 is 21.8 Å². The summed E-state index contributed by atoms with van der Waals surface area (Å²) in [5.74, 6) is 0.0244. The van der Waals surface area contributed by atoms with Gasteiger partial charge in [-0.15, -0.1) is 0 Å². The van der Waals surface area contributed by atoms with Crippen molar-refractivity contribution in [1.82, 2.24) is 14.9 Å². The fourth-order valence-electron chi connectivity index (χ4n) is 2.63. The molecule has 20 heavy (non-hydrogen) atoms. The molecule has 0 aliphatic carbocycles. The summed E-state index contributed by atoms with van der Waals surface area (Å²) in [5.41, 5.74) is 1.71. The molecule has 1 saturated heterocycles. The zero-order valence-corrected chi connectivity index (χ0v) is 12.5. The molecule has 1 amide bonds. The molecule has 1 atom stereocenters. The predicted octanol–water partition coefficient (Wildman–Crippen LogP) is 3.22. The van der Waals surface area contributed by atoms with Gasteiger partial charge in [0.25, 0.3) is 5.91 Å². The lowest BCUT2D eigenvalue weighted by Crippen LogP contribution is -2.31. The highest BCUT2D eigenvalue weighted by Gasteiger charge is 2.31. The van der Waals surface area contributed by atoms with E-state index in [-0.39, 0.29) is 11.9 Å². The topological polar surface area (TPSA) is 46.1 Å². The van der Waals surface area contributed by atoms with Crippen LogP contribution in [0.2, 0.25) is 0 Å². The van der Waals surface area contributed by atoms with Crippen LogP contribution in [0.25, 0.3) is 0 Å². The number of hydrogen-bond acceptors (Lipinski definition) is 3. The maximum atomic E-state index is 12.7. The molecule has 5 heteroatoms. The molecule has 0 saturated carbocycles. The Morgan fingerprint density at radius 1 is 1.30 bits per heavy atom. The van der Waals surface area contributed by atoms with Crippen molar-refractivity contribution in [3.8, 4) is 0 Å². The van der Waals surface area contributed by atoms with Gasteiger partial charge in [0.2, 0.25) is 0 Å². The van der Waals surface area contributed by atoms with Gasteiger partial charge in [-0.2, -0.15) is 0 Å². The first kappa shape index (κ1) is 13.2. The summed E-state index contributed by atoms with van der Waals surface area (Å²) < 4.78 is 0.599. The van der Waals surface area contributed by atoms with E-state index in [1.54, 1.807) is 24.5 Å². The number of rotatable bonds is 2. The Labute approximate surface area is 126 Å². The Balaban J connectivity index is 1.90. The summed E-state index contributed by atoms with van der Waals surface area (Å²) in [4.78, 5) is 22.9. The van der Waals surface area contributed by atoms with E-state index >= 15 is 0 Å². The zero-order chi connectivity index (χ0) is 13.9. The zero-order valence-electron chi connectivity index (χ0n) is 10.9. The number of carbonyl (C=O) groups excluding carboxylic acids is 1. The van der Waals surface area contributed by atoms with Crippen LogP contribution >= 0.6 is 15.9 Å². The Hall–Kier alpha value is -1.75. The number of halogens is 1. The monoisotopic (exact) mass is 331 g/mol. The Morgan fingerprint density at radius 2 is 2.15 bits per heavy atom. The molecular formula is C15H14BrN3O. The van der Waals surface area contributed by atoms with Crippen LogP contribution in [-0.2, 0) is 0 Å². The van der Waals surface area contributed by atoms with Crippen molar-refractivity contribution in [2.24, 2.45) is 0 Å². The molecule has 0 spiro atoms.